The standard InChI is InChI=1S/C19H14FNO6S/c1-26-19(23)13-3-2-4-15(11-13)28(24,25)21-18(22)17-10-9-16(27-17)12-5-7-14(20)8-6-12/h2-11H,1H3,(H,21,22). The molecule has 0 fully saturated rings. The highest BCUT2D eigenvalue weighted by Gasteiger charge is 2.22. The van der Waals surface area contributed by atoms with E-state index in [1.165, 1.54) is 61.7 Å². The molecule has 0 bridgehead atoms. The van der Waals surface area contributed by atoms with Gasteiger partial charge in [-0.25, -0.2) is 22.3 Å². The third-order valence-electron chi connectivity index (χ3n) is 3.75. The van der Waals surface area contributed by atoms with Crippen molar-refractivity contribution < 1.29 is 31.6 Å². The molecule has 0 saturated carbocycles. The minimum absolute atomic E-state index is 0.0226. The lowest BCUT2D eigenvalue weighted by Gasteiger charge is -2.07. The van der Waals surface area contributed by atoms with Crippen LogP contribution in [0.15, 0.2) is 70.0 Å². The molecule has 1 N–H and O–H groups in total. The van der Waals surface area contributed by atoms with E-state index in [-0.39, 0.29) is 22.0 Å². The molecule has 3 rings (SSSR count). The Bertz CT molecular complexity index is 1140. The summed E-state index contributed by atoms with van der Waals surface area (Å²) in [6.07, 6.45) is 0. The number of amides is 1. The van der Waals surface area contributed by atoms with Gasteiger partial charge >= 0.3 is 11.9 Å². The largest absolute Gasteiger partial charge is 0.465 e. The van der Waals surface area contributed by atoms with Gasteiger partial charge in [0, 0.05) is 5.56 Å². The Morgan fingerprint density at radius 2 is 1.75 bits per heavy atom. The zero-order valence-corrected chi connectivity index (χ0v) is 15.3. The van der Waals surface area contributed by atoms with E-state index < -0.39 is 27.7 Å². The van der Waals surface area contributed by atoms with Crippen LogP contribution in [0, 0.1) is 5.82 Å². The molecule has 7 nitrogen and oxygen atoms in total. The number of sulfonamides is 1. The Hall–Kier alpha value is -3.46. The highest BCUT2D eigenvalue weighted by molar-refractivity contribution is 7.90. The summed E-state index contributed by atoms with van der Waals surface area (Å²) in [5.41, 5.74) is 0.545. The summed E-state index contributed by atoms with van der Waals surface area (Å²) in [5, 5.41) is 0. The number of esters is 1. The van der Waals surface area contributed by atoms with Crippen molar-refractivity contribution in [3.05, 3.63) is 77.8 Å². The van der Waals surface area contributed by atoms with E-state index in [1.54, 1.807) is 0 Å². The van der Waals surface area contributed by atoms with Crippen molar-refractivity contribution >= 4 is 21.9 Å². The molecular weight excluding hydrogens is 389 g/mol. The van der Waals surface area contributed by atoms with Crippen LogP contribution in [0.25, 0.3) is 11.3 Å². The van der Waals surface area contributed by atoms with Gasteiger partial charge in [0.05, 0.1) is 17.6 Å². The maximum absolute atomic E-state index is 13.0. The second-order valence-corrected chi connectivity index (χ2v) is 7.31. The highest BCUT2D eigenvalue weighted by Crippen LogP contribution is 2.23. The van der Waals surface area contributed by atoms with Crippen molar-refractivity contribution in [1.82, 2.24) is 4.72 Å². The molecule has 1 heterocycles. The van der Waals surface area contributed by atoms with Gasteiger partial charge in [-0.05, 0) is 54.6 Å². The first-order valence-corrected chi connectivity index (χ1v) is 9.40. The second-order valence-electron chi connectivity index (χ2n) is 5.62. The van der Waals surface area contributed by atoms with Gasteiger partial charge in [0.2, 0.25) is 0 Å². The van der Waals surface area contributed by atoms with Crippen LogP contribution in [0.1, 0.15) is 20.9 Å². The molecule has 0 saturated heterocycles. The number of furan rings is 1. The maximum Gasteiger partial charge on any atom is 0.337 e. The molecule has 0 unspecified atom stereocenters. The minimum Gasteiger partial charge on any atom is -0.465 e. The molecule has 0 spiro atoms. The van der Waals surface area contributed by atoms with Crippen LogP contribution in [0.2, 0.25) is 0 Å². The maximum atomic E-state index is 13.0. The molecule has 2 aromatic carbocycles. The van der Waals surface area contributed by atoms with E-state index in [0.29, 0.717) is 5.56 Å². The number of hydrogen-bond donors (Lipinski definition) is 1. The Balaban J connectivity index is 1.81. The number of nitrogens with one attached hydrogen (secondary N) is 1. The van der Waals surface area contributed by atoms with Gasteiger partial charge in [-0.2, -0.15) is 0 Å². The fraction of sp³-hybridized carbons (Fsp3) is 0.0526. The first-order chi connectivity index (χ1) is 13.3. The molecule has 0 aliphatic carbocycles. The lowest BCUT2D eigenvalue weighted by molar-refractivity contribution is 0.0600. The fourth-order valence-electron chi connectivity index (χ4n) is 2.37. The summed E-state index contributed by atoms with van der Waals surface area (Å²) in [6, 6.07) is 13.2. The minimum atomic E-state index is -4.25. The van der Waals surface area contributed by atoms with Gasteiger partial charge in [-0.3, -0.25) is 4.79 Å². The van der Waals surface area contributed by atoms with Crippen LogP contribution < -0.4 is 4.72 Å². The van der Waals surface area contributed by atoms with Crippen molar-refractivity contribution in [3.8, 4) is 11.3 Å². The molecule has 1 amide bonds. The summed E-state index contributed by atoms with van der Waals surface area (Å²) < 4.78 is 49.6. The van der Waals surface area contributed by atoms with E-state index in [0.717, 1.165) is 6.07 Å². The molecule has 1 aromatic heterocycles. The zero-order valence-electron chi connectivity index (χ0n) is 14.5. The SMILES string of the molecule is COC(=O)c1cccc(S(=O)(=O)NC(=O)c2ccc(-c3ccc(F)cc3)o2)c1. The van der Waals surface area contributed by atoms with Crippen molar-refractivity contribution in [1.29, 1.82) is 0 Å². The number of benzene rings is 2. The monoisotopic (exact) mass is 403 g/mol. The van der Waals surface area contributed by atoms with Gasteiger partial charge in [0.15, 0.2) is 5.76 Å². The molecule has 3 aromatic rings. The van der Waals surface area contributed by atoms with E-state index in [1.807, 2.05) is 4.72 Å². The lowest BCUT2D eigenvalue weighted by Crippen LogP contribution is -2.30. The summed E-state index contributed by atoms with van der Waals surface area (Å²) in [6.45, 7) is 0. The molecule has 28 heavy (non-hydrogen) atoms. The number of halogens is 1. The smallest absolute Gasteiger partial charge is 0.337 e. The first-order valence-electron chi connectivity index (χ1n) is 7.91. The van der Waals surface area contributed by atoms with Gasteiger partial charge in [-0.15, -0.1) is 0 Å². The van der Waals surface area contributed by atoms with Crippen molar-refractivity contribution in [2.24, 2.45) is 0 Å². The van der Waals surface area contributed by atoms with Crippen LogP contribution in [0.5, 0.6) is 0 Å². The molecule has 0 atom stereocenters. The Morgan fingerprint density at radius 1 is 1.04 bits per heavy atom. The number of carbonyl (C=O) groups is 2. The predicted octanol–water partition coefficient (Wildman–Crippen LogP) is 2.99. The van der Waals surface area contributed by atoms with Crippen LogP contribution in [0.4, 0.5) is 4.39 Å². The van der Waals surface area contributed by atoms with Gasteiger partial charge < -0.3 is 9.15 Å². The van der Waals surface area contributed by atoms with Crippen LogP contribution in [0.3, 0.4) is 0 Å². The quantitative estimate of drug-likeness (QED) is 0.657. The van der Waals surface area contributed by atoms with Crippen molar-refractivity contribution in [2.75, 3.05) is 7.11 Å². The highest BCUT2D eigenvalue weighted by atomic mass is 32.2. The number of rotatable bonds is 5. The van der Waals surface area contributed by atoms with Crippen LogP contribution in [-0.2, 0) is 14.8 Å². The molecule has 9 heteroatoms. The van der Waals surface area contributed by atoms with Crippen molar-refractivity contribution in [3.63, 3.8) is 0 Å². The van der Waals surface area contributed by atoms with Gasteiger partial charge in [0.25, 0.3) is 10.0 Å². The zero-order chi connectivity index (χ0) is 20.3. The van der Waals surface area contributed by atoms with Gasteiger partial charge in [-0.1, -0.05) is 6.07 Å². The Labute approximate surface area is 159 Å². The molecule has 0 radical (unpaired) electrons. The average molecular weight is 403 g/mol. The van der Waals surface area contributed by atoms with E-state index in [9.17, 15) is 22.4 Å². The molecular formula is C19H14FNO6S. The number of carbonyl (C=O) groups excluding carboxylic acids is 2. The van der Waals surface area contributed by atoms with Gasteiger partial charge in [0.1, 0.15) is 11.6 Å². The fourth-order valence-corrected chi connectivity index (χ4v) is 3.37. The number of ether oxygens (including phenoxy) is 1. The van der Waals surface area contributed by atoms with Crippen LogP contribution >= 0.6 is 0 Å². The number of hydrogen-bond acceptors (Lipinski definition) is 6. The average Bonchev–Trinajstić information content (AvgIpc) is 3.18. The van der Waals surface area contributed by atoms with Crippen molar-refractivity contribution in [2.45, 2.75) is 4.90 Å². The third kappa shape index (κ3) is 4.09. The van der Waals surface area contributed by atoms with E-state index in [2.05, 4.69) is 4.74 Å². The lowest BCUT2D eigenvalue weighted by atomic mass is 10.2. The predicted molar refractivity (Wildman–Crippen MR) is 96.5 cm³/mol. The first kappa shape index (κ1) is 19.3. The summed E-state index contributed by atoms with van der Waals surface area (Å²) in [4.78, 5) is 23.5. The Morgan fingerprint density at radius 3 is 2.43 bits per heavy atom. The third-order valence-corrected chi connectivity index (χ3v) is 5.08. The molecule has 144 valence electrons. The summed E-state index contributed by atoms with van der Waals surface area (Å²) in [7, 11) is -3.08. The number of methoxy groups -OCH3 is 1. The summed E-state index contributed by atoms with van der Waals surface area (Å²) >= 11 is 0. The molecule has 0 aliphatic rings. The van der Waals surface area contributed by atoms with Crippen LogP contribution in [-0.4, -0.2) is 27.4 Å². The summed E-state index contributed by atoms with van der Waals surface area (Å²) in [5.74, 6) is -2.09. The molecule has 0 aliphatic heterocycles. The second kappa shape index (κ2) is 7.65. The normalized spacial score (nSPS) is 11.1. The van der Waals surface area contributed by atoms with E-state index >= 15 is 0 Å². The van der Waals surface area contributed by atoms with E-state index in [4.69, 9.17) is 4.42 Å². The Kier molecular flexibility index (Phi) is 5.27. The topological polar surface area (TPSA) is 103 Å².